The van der Waals surface area contributed by atoms with E-state index >= 15 is 0 Å². The van der Waals surface area contributed by atoms with E-state index in [1.807, 2.05) is 0 Å². The van der Waals surface area contributed by atoms with Crippen LogP contribution in [0.1, 0.15) is 30.4 Å². The lowest BCUT2D eigenvalue weighted by molar-refractivity contribution is -0.380. The lowest BCUT2D eigenvalue weighted by Gasteiger charge is -2.09. The number of carbonyl (C=O) groups is 1. The van der Waals surface area contributed by atoms with Gasteiger partial charge in [-0.25, -0.2) is 9.67 Å². The van der Waals surface area contributed by atoms with Crippen LogP contribution < -0.4 is 10.9 Å². The fourth-order valence-electron chi connectivity index (χ4n) is 1.49. The first-order valence-electron chi connectivity index (χ1n) is 5.90. The predicted octanol–water partition coefficient (Wildman–Crippen LogP) is 1.44. The van der Waals surface area contributed by atoms with E-state index in [1.165, 1.54) is 16.8 Å². The summed E-state index contributed by atoms with van der Waals surface area (Å²) >= 11 is 0.739. The van der Waals surface area contributed by atoms with Crippen LogP contribution in [0.5, 0.6) is 0 Å². The molecule has 9 nitrogen and oxygen atoms in total. The normalized spacial score (nSPS) is 10.6. The summed E-state index contributed by atoms with van der Waals surface area (Å²) in [7, 11) is 0. The van der Waals surface area contributed by atoms with Gasteiger partial charge in [0.1, 0.15) is 11.9 Å². The van der Waals surface area contributed by atoms with Gasteiger partial charge in [-0.3, -0.25) is 25.0 Å². The molecule has 0 unspecified atom stereocenters. The summed E-state index contributed by atoms with van der Waals surface area (Å²) in [4.78, 5) is 37.2. The Morgan fingerprint density at radius 1 is 1.48 bits per heavy atom. The summed E-state index contributed by atoms with van der Waals surface area (Å²) in [6, 6.07) is 2.34. The third-order valence-corrected chi connectivity index (χ3v) is 3.31. The van der Waals surface area contributed by atoms with Crippen molar-refractivity contribution in [1.29, 1.82) is 0 Å². The molecule has 0 bridgehead atoms. The SMILES string of the molecule is CC(C)n1nc(C(=O)Nc2ncc([N+](=O)[O-])s2)ccc1=O. The van der Waals surface area contributed by atoms with E-state index in [2.05, 4.69) is 15.4 Å². The van der Waals surface area contributed by atoms with Crippen LogP contribution in [0.15, 0.2) is 23.1 Å². The van der Waals surface area contributed by atoms with Crippen LogP contribution in [0.4, 0.5) is 10.1 Å². The van der Waals surface area contributed by atoms with E-state index in [0.29, 0.717) is 0 Å². The molecule has 0 saturated heterocycles. The molecular weight excluding hydrogens is 298 g/mol. The minimum atomic E-state index is -0.593. The zero-order chi connectivity index (χ0) is 15.6. The molecule has 0 saturated carbocycles. The van der Waals surface area contributed by atoms with Gasteiger partial charge in [0.2, 0.25) is 0 Å². The summed E-state index contributed by atoms with van der Waals surface area (Å²) < 4.78 is 1.18. The van der Waals surface area contributed by atoms with E-state index in [0.717, 1.165) is 17.5 Å². The Bertz CT molecular complexity index is 751. The van der Waals surface area contributed by atoms with Crippen LogP contribution in [-0.2, 0) is 0 Å². The molecule has 2 aromatic heterocycles. The third-order valence-electron chi connectivity index (χ3n) is 2.44. The molecule has 0 aliphatic rings. The standard InChI is InChI=1S/C11H11N5O4S/c1-6(2)15-8(17)4-3-7(14-15)10(18)13-11-12-5-9(21-11)16(19)20/h3-6H,1-2H3,(H,12,13,18). The number of nitro groups is 1. The molecule has 0 fully saturated rings. The zero-order valence-corrected chi connectivity index (χ0v) is 12.0. The summed E-state index contributed by atoms with van der Waals surface area (Å²) in [5, 5.41) is 16.8. The quantitative estimate of drug-likeness (QED) is 0.674. The Hall–Kier alpha value is -2.62. The number of hydrogen-bond acceptors (Lipinski definition) is 7. The van der Waals surface area contributed by atoms with E-state index < -0.39 is 10.8 Å². The second-order valence-corrected chi connectivity index (χ2v) is 5.32. The fourth-order valence-corrected chi connectivity index (χ4v) is 2.11. The Balaban J connectivity index is 2.22. The molecule has 2 aromatic rings. The van der Waals surface area contributed by atoms with Crippen LogP contribution >= 0.6 is 11.3 Å². The highest BCUT2D eigenvalue weighted by atomic mass is 32.1. The number of hydrogen-bond donors (Lipinski definition) is 1. The first-order chi connectivity index (χ1) is 9.88. The molecule has 0 spiro atoms. The first-order valence-corrected chi connectivity index (χ1v) is 6.71. The van der Waals surface area contributed by atoms with Crippen LogP contribution in [0, 0.1) is 10.1 Å². The molecule has 110 valence electrons. The number of amides is 1. The minimum Gasteiger partial charge on any atom is -0.296 e. The van der Waals surface area contributed by atoms with Gasteiger partial charge in [0.05, 0.1) is 11.0 Å². The second-order valence-electron chi connectivity index (χ2n) is 4.31. The number of thiazole rings is 1. The van der Waals surface area contributed by atoms with Crippen LogP contribution in [0.25, 0.3) is 0 Å². The number of carbonyl (C=O) groups excluding carboxylic acids is 1. The largest absolute Gasteiger partial charge is 0.345 e. The van der Waals surface area contributed by atoms with Gasteiger partial charge < -0.3 is 0 Å². The number of anilines is 1. The molecule has 2 rings (SSSR count). The first kappa shape index (κ1) is 14.8. The molecule has 0 radical (unpaired) electrons. The maximum Gasteiger partial charge on any atom is 0.345 e. The highest BCUT2D eigenvalue weighted by Crippen LogP contribution is 2.25. The van der Waals surface area contributed by atoms with Crippen molar-refractivity contribution < 1.29 is 9.72 Å². The average molecular weight is 309 g/mol. The fraction of sp³-hybridized carbons (Fsp3) is 0.273. The van der Waals surface area contributed by atoms with E-state index in [4.69, 9.17) is 0 Å². The summed E-state index contributed by atoms with van der Waals surface area (Å²) in [5.74, 6) is -0.589. The van der Waals surface area contributed by atoms with Crippen molar-refractivity contribution in [1.82, 2.24) is 14.8 Å². The number of nitrogens with zero attached hydrogens (tertiary/aromatic N) is 4. The topological polar surface area (TPSA) is 120 Å². The van der Waals surface area contributed by atoms with Gasteiger partial charge in [-0.05, 0) is 31.3 Å². The highest BCUT2D eigenvalue weighted by molar-refractivity contribution is 7.18. The zero-order valence-electron chi connectivity index (χ0n) is 11.1. The predicted molar refractivity (Wildman–Crippen MR) is 75.6 cm³/mol. The molecule has 21 heavy (non-hydrogen) atoms. The molecule has 2 heterocycles. The van der Waals surface area contributed by atoms with Gasteiger partial charge >= 0.3 is 5.00 Å². The van der Waals surface area contributed by atoms with Gasteiger partial charge in [0.15, 0.2) is 5.13 Å². The van der Waals surface area contributed by atoms with Gasteiger partial charge in [0.25, 0.3) is 11.5 Å². The second kappa shape index (κ2) is 5.79. The van der Waals surface area contributed by atoms with E-state index in [9.17, 15) is 19.7 Å². The molecule has 0 aliphatic carbocycles. The summed E-state index contributed by atoms with van der Waals surface area (Å²) in [6.45, 7) is 3.53. The molecule has 0 aliphatic heterocycles. The Kier molecular flexibility index (Phi) is 4.08. The van der Waals surface area contributed by atoms with Gasteiger partial charge in [-0.2, -0.15) is 5.10 Å². The van der Waals surface area contributed by atoms with Crippen LogP contribution in [0.3, 0.4) is 0 Å². The Morgan fingerprint density at radius 3 is 2.76 bits per heavy atom. The molecular formula is C11H11N5O4S. The van der Waals surface area contributed by atoms with Crippen molar-refractivity contribution >= 4 is 27.4 Å². The molecule has 0 aromatic carbocycles. The van der Waals surface area contributed by atoms with Crippen LogP contribution in [-0.4, -0.2) is 25.6 Å². The lowest BCUT2D eigenvalue weighted by atomic mass is 10.3. The highest BCUT2D eigenvalue weighted by Gasteiger charge is 2.16. The molecule has 10 heteroatoms. The van der Waals surface area contributed by atoms with Crippen molar-refractivity contribution in [2.45, 2.75) is 19.9 Å². The Labute approximate surface area is 122 Å². The van der Waals surface area contributed by atoms with Crippen molar-refractivity contribution in [3.8, 4) is 0 Å². The van der Waals surface area contributed by atoms with Crippen molar-refractivity contribution in [3.05, 3.63) is 44.5 Å². The van der Waals surface area contributed by atoms with Gasteiger partial charge in [-0.1, -0.05) is 0 Å². The van der Waals surface area contributed by atoms with E-state index in [-0.39, 0.29) is 27.4 Å². The van der Waals surface area contributed by atoms with Crippen molar-refractivity contribution in [2.24, 2.45) is 0 Å². The number of rotatable bonds is 4. The number of aromatic nitrogens is 3. The maximum atomic E-state index is 12.0. The van der Waals surface area contributed by atoms with Crippen LogP contribution in [0.2, 0.25) is 0 Å². The average Bonchev–Trinajstić information content (AvgIpc) is 2.87. The third kappa shape index (κ3) is 3.28. The summed E-state index contributed by atoms with van der Waals surface area (Å²) in [5.41, 5.74) is -0.285. The molecule has 1 N–H and O–H groups in total. The monoisotopic (exact) mass is 309 g/mol. The number of nitrogens with one attached hydrogen (secondary N) is 1. The Morgan fingerprint density at radius 2 is 2.19 bits per heavy atom. The summed E-state index contributed by atoms with van der Waals surface area (Å²) in [6.07, 6.45) is 1.06. The maximum absolute atomic E-state index is 12.0. The smallest absolute Gasteiger partial charge is 0.296 e. The lowest BCUT2D eigenvalue weighted by Crippen LogP contribution is -2.27. The molecule has 0 atom stereocenters. The minimum absolute atomic E-state index is 0.0288. The van der Waals surface area contributed by atoms with E-state index in [1.54, 1.807) is 13.8 Å². The van der Waals surface area contributed by atoms with Gasteiger partial charge in [0, 0.05) is 6.07 Å². The molecule has 1 amide bonds. The van der Waals surface area contributed by atoms with Gasteiger partial charge in [-0.15, -0.1) is 0 Å². The van der Waals surface area contributed by atoms with Crippen molar-refractivity contribution in [3.63, 3.8) is 0 Å². The van der Waals surface area contributed by atoms with Crippen molar-refractivity contribution in [2.75, 3.05) is 5.32 Å².